The van der Waals surface area contributed by atoms with Gasteiger partial charge in [0.25, 0.3) is 0 Å². The number of carbonyl (C=O) groups is 2. The molecule has 0 aliphatic heterocycles. The number of halogens is 1. The number of methoxy groups -OCH3 is 1. The second-order valence-electron chi connectivity index (χ2n) is 3.85. The predicted molar refractivity (Wildman–Crippen MR) is 81.1 cm³/mol. The van der Waals surface area contributed by atoms with Gasteiger partial charge in [0.2, 0.25) is 0 Å². The number of hydrogen-bond acceptors (Lipinski definition) is 3. The van der Waals surface area contributed by atoms with Crippen molar-refractivity contribution in [2.75, 3.05) is 7.11 Å². The lowest BCUT2D eigenvalue weighted by Crippen LogP contribution is -1.95. The van der Waals surface area contributed by atoms with Crippen LogP contribution in [-0.2, 0) is 0 Å². The molecule has 6 heteroatoms. The lowest BCUT2D eigenvalue weighted by molar-refractivity contribution is 0.0686. The number of carboxylic acids is 2. The molecule has 0 atom stereocenters. The number of aromatic carboxylic acids is 2. The molecule has 21 heavy (non-hydrogen) atoms. The van der Waals surface area contributed by atoms with Crippen molar-refractivity contribution in [2.24, 2.45) is 0 Å². The van der Waals surface area contributed by atoms with Gasteiger partial charge in [-0.15, -0.1) is 0 Å². The Morgan fingerprint density at radius 1 is 0.952 bits per heavy atom. The van der Waals surface area contributed by atoms with Crippen molar-refractivity contribution in [3.8, 4) is 5.75 Å². The van der Waals surface area contributed by atoms with Crippen molar-refractivity contribution in [3.63, 3.8) is 0 Å². The molecule has 5 nitrogen and oxygen atoms in total. The molecule has 0 unspecified atom stereocenters. The summed E-state index contributed by atoms with van der Waals surface area (Å²) in [5.41, 5.74) is 0.540. The first kappa shape index (κ1) is 16.7. The standard InChI is InChI=1S/C8H8O3.C7H5BrO2/c1-11-7-4-2-3-6(5-7)8(9)10;8-6-3-1-2-5(4-6)7(9)10/h2-5H,1H3,(H,9,10);1-4H,(H,9,10). The normalized spacial score (nSPS) is 9.24. The molecule has 0 fully saturated rings. The molecule has 0 radical (unpaired) electrons. The Labute approximate surface area is 129 Å². The number of hydrogen-bond donors (Lipinski definition) is 2. The highest BCUT2D eigenvalue weighted by atomic mass is 79.9. The van der Waals surface area contributed by atoms with Crippen LogP contribution in [0.2, 0.25) is 0 Å². The highest BCUT2D eigenvalue weighted by Gasteiger charge is 2.02. The molecule has 2 N–H and O–H groups in total. The largest absolute Gasteiger partial charge is 0.497 e. The smallest absolute Gasteiger partial charge is 0.335 e. The van der Waals surface area contributed by atoms with Gasteiger partial charge in [-0.2, -0.15) is 0 Å². The van der Waals surface area contributed by atoms with Gasteiger partial charge in [0, 0.05) is 4.47 Å². The minimum Gasteiger partial charge on any atom is -0.497 e. The molecule has 0 aromatic heterocycles. The summed E-state index contributed by atoms with van der Waals surface area (Å²) in [6.45, 7) is 0. The van der Waals surface area contributed by atoms with Gasteiger partial charge in [-0.1, -0.05) is 28.1 Å². The van der Waals surface area contributed by atoms with E-state index in [0.717, 1.165) is 4.47 Å². The van der Waals surface area contributed by atoms with Crippen LogP contribution >= 0.6 is 15.9 Å². The number of rotatable bonds is 3. The average molecular weight is 353 g/mol. The van der Waals surface area contributed by atoms with E-state index in [1.54, 1.807) is 36.4 Å². The van der Waals surface area contributed by atoms with Crippen LogP contribution in [0.15, 0.2) is 53.0 Å². The number of ether oxygens (including phenoxy) is 1. The fourth-order valence-corrected chi connectivity index (χ4v) is 1.78. The highest BCUT2D eigenvalue weighted by Crippen LogP contribution is 2.12. The van der Waals surface area contributed by atoms with Gasteiger partial charge in [0.05, 0.1) is 18.2 Å². The van der Waals surface area contributed by atoms with Crippen molar-refractivity contribution in [1.82, 2.24) is 0 Å². The van der Waals surface area contributed by atoms with Crippen molar-refractivity contribution < 1.29 is 24.5 Å². The third-order valence-electron chi connectivity index (χ3n) is 2.39. The lowest BCUT2D eigenvalue weighted by Gasteiger charge is -1.98. The van der Waals surface area contributed by atoms with Crippen LogP contribution in [0.25, 0.3) is 0 Å². The molecule has 0 heterocycles. The fourth-order valence-electron chi connectivity index (χ4n) is 1.38. The molecular weight excluding hydrogens is 340 g/mol. The van der Waals surface area contributed by atoms with E-state index in [1.807, 2.05) is 0 Å². The summed E-state index contributed by atoms with van der Waals surface area (Å²) in [5.74, 6) is -1.28. The minimum atomic E-state index is -0.941. The summed E-state index contributed by atoms with van der Waals surface area (Å²) in [7, 11) is 1.50. The number of carboxylic acid groups (broad SMARTS) is 2. The maximum absolute atomic E-state index is 10.4. The third kappa shape index (κ3) is 5.66. The van der Waals surface area contributed by atoms with Gasteiger partial charge in [0.15, 0.2) is 0 Å². The summed E-state index contributed by atoms with van der Waals surface area (Å²) < 4.78 is 5.63. The summed E-state index contributed by atoms with van der Waals surface area (Å²) in [6.07, 6.45) is 0. The van der Waals surface area contributed by atoms with Crippen molar-refractivity contribution >= 4 is 27.9 Å². The van der Waals surface area contributed by atoms with Crippen molar-refractivity contribution in [3.05, 3.63) is 64.1 Å². The van der Waals surface area contributed by atoms with Gasteiger partial charge >= 0.3 is 11.9 Å². The van der Waals surface area contributed by atoms with E-state index in [1.165, 1.54) is 19.2 Å². The van der Waals surface area contributed by atoms with Crippen LogP contribution in [-0.4, -0.2) is 29.3 Å². The summed E-state index contributed by atoms with van der Waals surface area (Å²) >= 11 is 3.17. The first-order chi connectivity index (χ1) is 9.93. The summed E-state index contributed by atoms with van der Waals surface area (Å²) in [5, 5.41) is 17.0. The lowest BCUT2D eigenvalue weighted by atomic mass is 10.2. The molecule has 0 amide bonds. The molecule has 0 saturated heterocycles. The molecule has 2 rings (SSSR count). The van der Waals surface area contributed by atoms with E-state index in [4.69, 9.17) is 14.9 Å². The Kier molecular flexibility index (Phi) is 6.42. The maximum atomic E-state index is 10.4. The van der Waals surface area contributed by atoms with E-state index >= 15 is 0 Å². The SMILES string of the molecule is COc1cccc(C(=O)O)c1.O=C(O)c1cccc(Br)c1. The van der Waals surface area contributed by atoms with Gasteiger partial charge in [-0.05, 0) is 36.4 Å². The minimum absolute atomic E-state index is 0.240. The molecule has 0 spiro atoms. The quantitative estimate of drug-likeness (QED) is 0.882. The van der Waals surface area contributed by atoms with Crippen LogP contribution < -0.4 is 4.74 Å². The monoisotopic (exact) mass is 352 g/mol. The van der Waals surface area contributed by atoms with Gasteiger partial charge in [-0.25, -0.2) is 9.59 Å². The van der Waals surface area contributed by atoms with Crippen molar-refractivity contribution in [2.45, 2.75) is 0 Å². The average Bonchev–Trinajstić information content (AvgIpc) is 2.48. The second-order valence-corrected chi connectivity index (χ2v) is 4.77. The zero-order valence-corrected chi connectivity index (χ0v) is 12.7. The van der Waals surface area contributed by atoms with Gasteiger partial charge in [0.1, 0.15) is 5.75 Å². The first-order valence-corrected chi connectivity index (χ1v) is 6.59. The fraction of sp³-hybridized carbons (Fsp3) is 0.0667. The zero-order chi connectivity index (χ0) is 15.8. The van der Waals surface area contributed by atoms with Gasteiger partial charge < -0.3 is 14.9 Å². The third-order valence-corrected chi connectivity index (χ3v) is 2.88. The van der Waals surface area contributed by atoms with E-state index < -0.39 is 11.9 Å². The van der Waals surface area contributed by atoms with E-state index in [2.05, 4.69) is 15.9 Å². The van der Waals surface area contributed by atoms with E-state index in [9.17, 15) is 9.59 Å². The topological polar surface area (TPSA) is 83.8 Å². The van der Waals surface area contributed by atoms with Gasteiger partial charge in [-0.3, -0.25) is 0 Å². The van der Waals surface area contributed by atoms with Crippen molar-refractivity contribution in [1.29, 1.82) is 0 Å². The predicted octanol–water partition coefficient (Wildman–Crippen LogP) is 3.54. The Balaban J connectivity index is 0.000000211. The van der Waals surface area contributed by atoms with Crippen LogP contribution in [0.4, 0.5) is 0 Å². The van der Waals surface area contributed by atoms with Crippen LogP contribution in [0, 0.1) is 0 Å². The highest BCUT2D eigenvalue weighted by molar-refractivity contribution is 9.10. The molecule has 0 saturated carbocycles. The van der Waals surface area contributed by atoms with E-state index in [0.29, 0.717) is 11.3 Å². The first-order valence-electron chi connectivity index (χ1n) is 5.80. The van der Waals surface area contributed by atoms with Crippen LogP contribution in [0.1, 0.15) is 20.7 Å². The van der Waals surface area contributed by atoms with Crippen LogP contribution in [0.5, 0.6) is 5.75 Å². The number of benzene rings is 2. The molecule has 0 bridgehead atoms. The Bertz CT molecular complexity index is 639. The molecule has 2 aromatic rings. The molecule has 0 aliphatic rings. The Morgan fingerprint density at radius 3 is 1.90 bits per heavy atom. The zero-order valence-electron chi connectivity index (χ0n) is 11.1. The van der Waals surface area contributed by atoms with E-state index in [-0.39, 0.29) is 5.56 Å². The summed E-state index contributed by atoms with van der Waals surface area (Å²) in [6, 6.07) is 12.9. The molecule has 110 valence electrons. The second kappa shape index (κ2) is 8.06. The summed E-state index contributed by atoms with van der Waals surface area (Å²) in [4.78, 5) is 20.7. The maximum Gasteiger partial charge on any atom is 0.335 e. The Hall–Kier alpha value is -2.34. The molecule has 2 aromatic carbocycles. The van der Waals surface area contributed by atoms with Crippen LogP contribution in [0.3, 0.4) is 0 Å². The molecule has 0 aliphatic carbocycles. The molecular formula is C15H13BrO5. The Morgan fingerprint density at radius 2 is 1.48 bits per heavy atom.